The van der Waals surface area contributed by atoms with E-state index in [0.29, 0.717) is 0 Å². The van der Waals surface area contributed by atoms with Crippen LogP contribution in [-0.4, -0.2) is 26.6 Å². The quantitative estimate of drug-likeness (QED) is 0.663. The number of hydrogen-bond acceptors (Lipinski definition) is 6. The van der Waals surface area contributed by atoms with Crippen LogP contribution < -0.4 is 10.6 Å². The zero-order chi connectivity index (χ0) is 20.4. The Labute approximate surface area is 169 Å². The van der Waals surface area contributed by atoms with Crippen molar-refractivity contribution in [2.75, 3.05) is 10.6 Å². The van der Waals surface area contributed by atoms with Gasteiger partial charge in [-0.1, -0.05) is 6.07 Å². The van der Waals surface area contributed by atoms with Crippen LogP contribution in [0.25, 0.3) is 11.0 Å². The molecular formula is C22H25N5O2. The van der Waals surface area contributed by atoms with Crippen molar-refractivity contribution in [3.63, 3.8) is 0 Å². The van der Waals surface area contributed by atoms with E-state index < -0.39 is 11.7 Å². The van der Waals surface area contributed by atoms with Crippen LogP contribution in [0.5, 0.6) is 0 Å². The van der Waals surface area contributed by atoms with Crippen molar-refractivity contribution in [3.05, 3.63) is 54.0 Å². The van der Waals surface area contributed by atoms with Crippen LogP contribution in [0.1, 0.15) is 50.8 Å². The minimum absolute atomic E-state index is 0.134. The summed E-state index contributed by atoms with van der Waals surface area (Å²) in [7, 11) is 0. The fraction of sp³-hybridized carbons (Fsp3) is 0.364. The Hall–Kier alpha value is -3.22. The number of pyridine rings is 1. The summed E-state index contributed by atoms with van der Waals surface area (Å²) in [5.41, 5.74) is 4.24. The summed E-state index contributed by atoms with van der Waals surface area (Å²) in [5.74, 6) is 0.740. The monoisotopic (exact) mass is 391 g/mol. The molecule has 3 aromatic rings. The molecule has 0 saturated heterocycles. The molecule has 0 spiro atoms. The molecule has 0 radical (unpaired) electrons. The fourth-order valence-electron chi connectivity index (χ4n) is 3.63. The summed E-state index contributed by atoms with van der Waals surface area (Å²) in [4.78, 5) is 25.2. The van der Waals surface area contributed by atoms with Gasteiger partial charge in [-0.3, -0.25) is 10.3 Å². The maximum Gasteiger partial charge on any atom is 0.412 e. The van der Waals surface area contributed by atoms with Crippen LogP contribution in [0.4, 0.5) is 16.3 Å². The third-order valence-electron chi connectivity index (χ3n) is 4.81. The smallest absolute Gasteiger partial charge is 0.412 e. The van der Waals surface area contributed by atoms with Crippen LogP contribution in [0, 0.1) is 0 Å². The largest absolute Gasteiger partial charge is 0.444 e. The lowest BCUT2D eigenvalue weighted by Crippen LogP contribution is -2.27. The van der Waals surface area contributed by atoms with Gasteiger partial charge in [0.1, 0.15) is 17.4 Å². The zero-order valence-corrected chi connectivity index (χ0v) is 16.9. The summed E-state index contributed by atoms with van der Waals surface area (Å²) in [6, 6.07) is 9.94. The predicted octanol–water partition coefficient (Wildman–Crippen LogP) is 4.86. The van der Waals surface area contributed by atoms with Crippen LogP contribution in [0.15, 0.2) is 42.9 Å². The van der Waals surface area contributed by atoms with Crippen LogP contribution in [-0.2, 0) is 11.2 Å². The van der Waals surface area contributed by atoms with E-state index in [0.717, 1.165) is 41.8 Å². The molecule has 0 aliphatic heterocycles. The summed E-state index contributed by atoms with van der Waals surface area (Å²) < 4.78 is 5.34. The van der Waals surface area contributed by atoms with Gasteiger partial charge in [0.25, 0.3) is 0 Å². The number of rotatable bonds is 3. The van der Waals surface area contributed by atoms with E-state index in [4.69, 9.17) is 4.74 Å². The van der Waals surface area contributed by atoms with Gasteiger partial charge in [-0.2, -0.15) is 0 Å². The number of fused-ring (bicyclic) bond motifs is 2. The van der Waals surface area contributed by atoms with Crippen molar-refractivity contribution in [2.45, 2.75) is 51.7 Å². The van der Waals surface area contributed by atoms with Crippen LogP contribution in [0.2, 0.25) is 0 Å². The first kappa shape index (κ1) is 19.1. The second-order valence-corrected chi connectivity index (χ2v) is 8.22. The number of carbonyl (C=O) groups is 1. The van der Waals surface area contributed by atoms with E-state index >= 15 is 0 Å². The van der Waals surface area contributed by atoms with E-state index in [2.05, 4.69) is 31.7 Å². The molecule has 1 amide bonds. The minimum Gasteiger partial charge on any atom is -0.444 e. The molecule has 150 valence electrons. The van der Waals surface area contributed by atoms with Gasteiger partial charge in [-0.15, -0.1) is 0 Å². The molecule has 29 heavy (non-hydrogen) atoms. The Kier molecular flexibility index (Phi) is 5.05. The van der Waals surface area contributed by atoms with Gasteiger partial charge in [-0.05, 0) is 75.4 Å². The Morgan fingerprint density at radius 2 is 2.03 bits per heavy atom. The number of benzene rings is 1. The van der Waals surface area contributed by atoms with Crippen LogP contribution >= 0.6 is 0 Å². The van der Waals surface area contributed by atoms with E-state index in [9.17, 15) is 4.79 Å². The molecule has 7 heteroatoms. The van der Waals surface area contributed by atoms with Gasteiger partial charge >= 0.3 is 6.09 Å². The van der Waals surface area contributed by atoms with Gasteiger partial charge in [0.15, 0.2) is 5.82 Å². The highest BCUT2D eigenvalue weighted by Gasteiger charge is 2.23. The molecule has 1 unspecified atom stereocenters. The molecular weight excluding hydrogens is 366 g/mol. The number of nitrogens with one attached hydrogen (secondary N) is 2. The predicted molar refractivity (Wildman–Crippen MR) is 113 cm³/mol. The normalized spacial score (nSPS) is 16.2. The maximum atomic E-state index is 12.1. The van der Waals surface area contributed by atoms with E-state index in [1.54, 1.807) is 12.5 Å². The Morgan fingerprint density at radius 1 is 1.17 bits per heavy atom. The molecule has 0 bridgehead atoms. The van der Waals surface area contributed by atoms with Crippen molar-refractivity contribution in [2.24, 2.45) is 0 Å². The highest BCUT2D eigenvalue weighted by atomic mass is 16.6. The van der Waals surface area contributed by atoms with Crippen molar-refractivity contribution in [3.8, 4) is 0 Å². The van der Waals surface area contributed by atoms with E-state index in [1.807, 2.05) is 45.0 Å². The van der Waals surface area contributed by atoms with Crippen molar-refractivity contribution in [1.82, 2.24) is 15.0 Å². The SMILES string of the molecule is CC(C)(C)OC(=O)Nc1ccc2c(c1)CCCC2Nc1ncnc2cccnc12. The van der Waals surface area contributed by atoms with E-state index in [-0.39, 0.29) is 6.04 Å². The average molecular weight is 391 g/mol. The Morgan fingerprint density at radius 3 is 2.86 bits per heavy atom. The lowest BCUT2D eigenvalue weighted by Gasteiger charge is -2.27. The molecule has 7 nitrogen and oxygen atoms in total. The molecule has 2 heterocycles. The lowest BCUT2D eigenvalue weighted by molar-refractivity contribution is 0.0636. The number of anilines is 2. The molecule has 2 N–H and O–H groups in total. The number of nitrogens with zero attached hydrogens (tertiary/aromatic N) is 3. The van der Waals surface area contributed by atoms with Crippen LogP contribution in [0.3, 0.4) is 0 Å². The van der Waals surface area contributed by atoms with Gasteiger partial charge < -0.3 is 10.1 Å². The first-order valence-corrected chi connectivity index (χ1v) is 9.84. The molecule has 0 fully saturated rings. The first-order valence-electron chi connectivity index (χ1n) is 9.84. The van der Waals surface area contributed by atoms with E-state index in [1.165, 1.54) is 11.1 Å². The fourth-order valence-corrected chi connectivity index (χ4v) is 3.63. The second-order valence-electron chi connectivity index (χ2n) is 8.22. The number of ether oxygens (including phenoxy) is 1. The summed E-state index contributed by atoms with van der Waals surface area (Å²) in [5, 5.41) is 6.37. The minimum atomic E-state index is -0.526. The molecule has 1 aliphatic carbocycles. The highest BCUT2D eigenvalue weighted by Crippen LogP contribution is 2.34. The summed E-state index contributed by atoms with van der Waals surface area (Å²) in [6.45, 7) is 5.55. The van der Waals surface area contributed by atoms with Crippen molar-refractivity contribution in [1.29, 1.82) is 0 Å². The third kappa shape index (κ3) is 4.45. The standard InChI is InChI=1S/C22H25N5O2/c1-22(2,3)29-21(28)26-15-9-10-16-14(12-15)6-4-7-17(16)27-20-19-18(24-13-25-20)8-5-11-23-19/h5,8-13,17H,4,6-7H2,1-3H3,(H,26,28)(H,24,25,27). The lowest BCUT2D eigenvalue weighted by atomic mass is 9.87. The Bertz CT molecular complexity index is 1040. The van der Waals surface area contributed by atoms with Crippen molar-refractivity contribution >= 4 is 28.6 Å². The molecule has 2 aromatic heterocycles. The summed E-state index contributed by atoms with van der Waals surface area (Å²) in [6.07, 6.45) is 5.90. The topological polar surface area (TPSA) is 89.0 Å². The number of amides is 1. The van der Waals surface area contributed by atoms with Gasteiger partial charge in [0.05, 0.1) is 11.6 Å². The molecule has 1 atom stereocenters. The highest BCUT2D eigenvalue weighted by molar-refractivity contribution is 5.86. The number of hydrogen-bond donors (Lipinski definition) is 2. The molecule has 1 aliphatic rings. The van der Waals surface area contributed by atoms with Gasteiger partial charge in [-0.25, -0.2) is 14.8 Å². The summed E-state index contributed by atoms with van der Waals surface area (Å²) >= 11 is 0. The van der Waals surface area contributed by atoms with Crippen molar-refractivity contribution < 1.29 is 9.53 Å². The third-order valence-corrected chi connectivity index (χ3v) is 4.81. The van der Waals surface area contributed by atoms with Gasteiger partial charge in [0, 0.05) is 11.9 Å². The average Bonchev–Trinajstić information content (AvgIpc) is 2.67. The molecule has 4 rings (SSSR count). The second kappa shape index (κ2) is 7.66. The molecule has 1 aromatic carbocycles. The number of aryl methyl sites for hydroxylation is 1. The number of aromatic nitrogens is 3. The maximum absolute atomic E-state index is 12.1. The van der Waals surface area contributed by atoms with Gasteiger partial charge in [0.2, 0.25) is 0 Å². The molecule has 0 saturated carbocycles. The number of carbonyl (C=O) groups excluding carboxylic acids is 1. The first-order chi connectivity index (χ1) is 13.9. The zero-order valence-electron chi connectivity index (χ0n) is 16.9. The Balaban J connectivity index is 1.55.